The molecule has 0 saturated heterocycles. The van der Waals surface area contributed by atoms with E-state index in [0.717, 1.165) is 32.7 Å². The number of hydrogen-bond acceptors (Lipinski definition) is 8. The standard InChI is InChI=1S/C20H24N2O8S4/c1-13-3-7-15(8-4-13)33(27,28)21-17(19(23)24)11-31-32-12-18(20(25)26)22-34(29,30)16-9-5-14(2)6-10-16/h3-10,17-18,21-22H,11-12H2,1-2H3,(H,23,24)(H,25,26)/t17-,18+. The summed E-state index contributed by atoms with van der Waals surface area (Å²) >= 11 is 0. The molecule has 2 aromatic rings. The van der Waals surface area contributed by atoms with Crippen molar-refractivity contribution in [3.05, 3.63) is 59.7 Å². The van der Waals surface area contributed by atoms with Gasteiger partial charge in [0.25, 0.3) is 0 Å². The Labute approximate surface area is 206 Å². The fourth-order valence-electron chi connectivity index (χ4n) is 2.49. The Morgan fingerprint density at radius 2 is 1.00 bits per heavy atom. The Balaban J connectivity index is 1.96. The predicted molar refractivity (Wildman–Crippen MR) is 131 cm³/mol. The summed E-state index contributed by atoms with van der Waals surface area (Å²) in [5, 5.41) is 18.8. The molecular weight excluding hydrogens is 524 g/mol. The minimum absolute atomic E-state index is 0.0848. The minimum atomic E-state index is -4.09. The van der Waals surface area contributed by atoms with Gasteiger partial charge in [0.05, 0.1) is 9.79 Å². The van der Waals surface area contributed by atoms with Crippen molar-refractivity contribution in [3.8, 4) is 0 Å². The zero-order valence-electron chi connectivity index (χ0n) is 18.2. The molecule has 0 saturated carbocycles. The molecule has 186 valence electrons. The molecule has 10 nitrogen and oxygen atoms in total. The van der Waals surface area contributed by atoms with Crippen molar-refractivity contribution >= 4 is 53.6 Å². The highest BCUT2D eigenvalue weighted by atomic mass is 33.1. The number of carboxylic acid groups (broad SMARTS) is 2. The molecule has 0 amide bonds. The summed E-state index contributed by atoms with van der Waals surface area (Å²) in [5.41, 5.74) is 1.68. The quantitative estimate of drug-likeness (QED) is 0.214. The van der Waals surface area contributed by atoms with Gasteiger partial charge in [-0.3, -0.25) is 9.59 Å². The van der Waals surface area contributed by atoms with Gasteiger partial charge in [0, 0.05) is 11.5 Å². The van der Waals surface area contributed by atoms with E-state index in [2.05, 4.69) is 9.44 Å². The van der Waals surface area contributed by atoms with E-state index in [0.29, 0.717) is 0 Å². The Morgan fingerprint density at radius 3 is 1.26 bits per heavy atom. The highest BCUT2D eigenvalue weighted by molar-refractivity contribution is 8.76. The maximum atomic E-state index is 12.5. The number of nitrogens with one attached hydrogen (secondary N) is 2. The lowest BCUT2D eigenvalue weighted by Crippen LogP contribution is -2.43. The van der Waals surface area contributed by atoms with Crippen LogP contribution in [0, 0.1) is 13.8 Å². The van der Waals surface area contributed by atoms with Crippen LogP contribution in [-0.2, 0) is 29.6 Å². The van der Waals surface area contributed by atoms with E-state index in [4.69, 9.17) is 0 Å². The number of hydrogen-bond donors (Lipinski definition) is 4. The second-order valence-corrected chi connectivity index (χ2v) is 13.2. The average molecular weight is 549 g/mol. The second-order valence-electron chi connectivity index (χ2n) is 7.22. The van der Waals surface area contributed by atoms with E-state index >= 15 is 0 Å². The van der Waals surface area contributed by atoms with E-state index in [1.165, 1.54) is 24.3 Å². The molecule has 0 bridgehead atoms. The Bertz CT molecular complexity index is 1120. The number of benzene rings is 2. The molecule has 14 heteroatoms. The van der Waals surface area contributed by atoms with Gasteiger partial charge in [-0.25, -0.2) is 16.8 Å². The summed E-state index contributed by atoms with van der Waals surface area (Å²) in [7, 11) is -6.35. The molecular formula is C20H24N2O8S4. The number of sulfonamides is 2. The van der Waals surface area contributed by atoms with Crippen LogP contribution >= 0.6 is 21.6 Å². The van der Waals surface area contributed by atoms with Crippen LogP contribution in [0.3, 0.4) is 0 Å². The van der Waals surface area contributed by atoms with Crippen molar-refractivity contribution in [1.82, 2.24) is 9.44 Å². The molecule has 0 unspecified atom stereocenters. The summed E-state index contributed by atoms with van der Waals surface area (Å²) < 4.78 is 54.1. The van der Waals surface area contributed by atoms with Crippen LogP contribution < -0.4 is 9.44 Å². The SMILES string of the molecule is Cc1ccc(S(=O)(=O)N[C@@H](CSSC[C@@H](NS(=O)(=O)c2ccc(C)cc2)C(=O)O)C(=O)O)cc1. The number of carbonyl (C=O) groups is 2. The van der Waals surface area contributed by atoms with Gasteiger partial charge in [-0.1, -0.05) is 57.0 Å². The van der Waals surface area contributed by atoms with Crippen molar-refractivity contribution in [2.45, 2.75) is 35.7 Å². The number of carboxylic acids is 2. The van der Waals surface area contributed by atoms with Gasteiger partial charge in [0.15, 0.2) is 0 Å². The molecule has 0 aliphatic carbocycles. The topological polar surface area (TPSA) is 167 Å². The van der Waals surface area contributed by atoms with E-state index in [-0.39, 0.29) is 21.3 Å². The third-order valence-corrected chi connectivity index (χ3v) is 9.80. The van der Waals surface area contributed by atoms with Crippen molar-refractivity contribution in [3.63, 3.8) is 0 Å². The molecule has 0 radical (unpaired) electrons. The predicted octanol–water partition coefficient (Wildman–Crippen LogP) is 1.85. The fraction of sp³-hybridized carbons (Fsp3) is 0.300. The number of aryl methyl sites for hydroxylation is 2. The molecule has 0 fully saturated rings. The molecule has 0 heterocycles. The van der Waals surface area contributed by atoms with Gasteiger partial charge in [-0.05, 0) is 38.1 Å². The molecule has 0 aliphatic rings. The van der Waals surface area contributed by atoms with Crippen LogP contribution in [-0.4, -0.2) is 62.6 Å². The van der Waals surface area contributed by atoms with Gasteiger partial charge in [-0.2, -0.15) is 9.44 Å². The van der Waals surface area contributed by atoms with Gasteiger partial charge in [0.1, 0.15) is 12.1 Å². The van der Waals surface area contributed by atoms with Crippen LogP contribution in [0.1, 0.15) is 11.1 Å². The van der Waals surface area contributed by atoms with Crippen LogP contribution in [0.15, 0.2) is 58.3 Å². The van der Waals surface area contributed by atoms with E-state index < -0.39 is 44.1 Å². The first-order valence-electron chi connectivity index (χ1n) is 9.70. The normalized spacial score (nSPS) is 13.8. The van der Waals surface area contributed by atoms with Gasteiger partial charge in [-0.15, -0.1) is 0 Å². The smallest absolute Gasteiger partial charge is 0.322 e. The molecule has 34 heavy (non-hydrogen) atoms. The Hall–Kier alpha value is -2.10. The zero-order chi connectivity index (χ0) is 25.5. The Morgan fingerprint density at radius 1 is 0.706 bits per heavy atom. The summed E-state index contributed by atoms with van der Waals surface area (Å²) in [6, 6.07) is 8.81. The summed E-state index contributed by atoms with van der Waals surface area (Å²) in [6.07, 6.45) is 0. The first-order chi connectivity index (χ1) is 15.8. The van der Waals surface area contributed by atoms with Crippen LogP contribution in [0.2, 0.25) is 0 Å². The lowest BCUT2D eigenvalue weighted by molar-refractivity contribution is -0.139. The van der Waals surface area contributed by atoms with Gasteiger partial charge >= 0.3 is 11.9 Å². The minimum Gasteiger partial charge on any atom is -0.480 e. The van der Waals surface area contributed by atoms with Crippen LogP contribution in [0.4, 0.5) is 0 Å². The summed E-state index contributed by atoms with van der Waals surface area (Å²) in [6.45, 7) is 3.56. The Kier molecular flexibility index (Phi) is 9.96. The van der Waals surface area contributed by atoms with Gasteiger partial charge in [0.2, 0.25) is 20.0 Å². The molecule has 2 aromatic carbocycles. The highest BCUT2D eigenvalue weighted by Crippen LogP contribution is 2.24. The molecule has 2 atom stereocenters. The maximum absolute atomic E-state index is 12.5. The third kappa shape index (κ3) is 8.29. The van der Waals surface area contributed by atoms with Gasteiger partial charge < -0.3 is 10.2 Å². The molecule has 0 aromatic heterocycles. The number of rotatable bonds is 13. The van der Waals surface area contributed by atoms with E-state index in [1.54, 1.807) is 38.1 Å². The molecule has 2 rings (SSSR count). The molecule has 4 N–H and O–H groups in total. The lowest BCUT2D eigenvalue weighted by atomic mass is 10.2. The van der Waals surface area contributed by atoms with E-state index in [1.807, 2.05) is 0 Å². The third-order valence-electron chi connectivity index (χ3n) is 4.41. The highest BCUT2D eigenvalue weighted by Gasteiger charge is 2.28. The van der Waals surface area contributed by atoms with E-state index in [9.17, 15) is 36.6 Å². The van der Waals surface area contributed by atoms with Crippen molar-refractivity contribution in [2.75, 3.05) is 11.5 Å². The summed E-state index contributed by atoms with van der Waals surface area (Å²) in [4.78, 5) is 22.9. The summed E-state index contributed by atoms with van der Waals surface area (Å²) in [5.74, 6) is -3.25. The largest absolute Gasteiger partial charge is 0.480 e. The van der Waals surface area contributed by atoms with Crippen LogP contribution in [0.25, 0.3) is 0 Å². The lowest BCUT2D eigenvalue weighted by Gasteiger charge is -2.16. The maximum Gasteiger partial charge on any atom is 0.322 e. The molecule has 0 spiro atoms. The fourth-order valence-corrected chi connectivity index (χ4v) is 7.39. The van der Waals surface area contributed by atoms with Crippen molar-refractivity contribution < 1.29 is 36.6 Å². The van der Waals surface area contributed by atoms with Crippen molar-refractivity contribution in [2.24, 2.45) is 0 Å². The van der Waals surface area contributed by atoms with Crippen molar-refractivity contribution in [1.29, 1.82) is 0 Å². The zero-order valence-corrected chi connectivity index (χ0v) is 21.4. The first-order valence-corrected chi connectivity index (χ1v) is 15.2. The monoisotopic (exact) mass is 548 g/mol. The average Bonchev–Trinajstić information content (AvgIpc) is 2.75. The first kappa shape index (κ1) is 28.1. The van der Waals surface area contributed by atoms with Crippen LogP contribution in [0.5, 0.6) is 0 Å². The second kappa shape index (κ2) is 12.0. The number of aliphatic carboxylic acids is 2. The molecule has 0 aliphatic heterocycles.